The molecule has 1 aromatic carbocycles. The Balaban J connectivity index is 2.89. The number of rotatable bonds is 3. The van der Waals surface area contributed by atoms with Crippen molar-refractivity contribution < 1.29 is 9.59 Å². The maximum atomic E-state index is 12.1. The number of carbonyl (C=O) groups is 2. The van der Waals surface area contributed by atoms with Gasteiger partial charge in [0.15, 0.2) is 0 Å². The normalized spacial score (nSPS) is 9.88. The zero-order chi connectivity index (χ0) is 13.0. The molecule has 0 unspecified atom stereocenters. The molecule has 92 valence electrons. The summed E-state index contributed by atoms with van der Waals surface area (Å²) >= 11 is 3.38. The van der Waals surface area contributed by atoms with Crippen LogP contribution in [0.3, 0.4) is 0 Å². The minimum Gasteiger partial charge on any atom is -0.358 e. The summed E-state index contributed by atoms with van der Waals surface area (Å²) in [5.41, 5.74) is 1.56. The number of aryl methyl sites for hydroxylation is 1. The molecule has 0 aliphatic heterocycles. The van der Waals surface area contributed by atoms with Crippen LogP contribution in [0.5, 0.6) is 0 Å². The lowest BCUT2D eigenvalue weighted by atomic mass is 10.1. The van der Waals surface area contributed by atoms with E-state index in [4.69, 9.17) is 0 Å². The van der Waals surface area contributed by atoms with Gasteiger partial charge in [0.25, 0.3) is 5.91 Å². The largest absolute Gasteiger partial charge is 0.358 e. The van der Waals surface area contributed by atoms with E-state index in [1.165, 1.54) is 4.90 Å². The van der Waals surface area contributed by atoms with E-state index < -0.39 is 0 Å². The van der Waals surface area contributed by atoms with Crippen molar-refractivity contribution in [2.75, 3.05) is 20.6 Å². The van der Waals surface area contributed by atoms with Gasteiger partial charge >= 0.3 is 0 Å². The second-order valence-electron chi connectivity index (χ2n) is 3.77. The first-order valence-corrected chi connectivity index (χ1v) is 5.97. The third-order valence-electron chi connectivity index (χ3n) is 2.43. The van der Waals surface area contributed by atoms with Crippen LogP contribution in [-0.2, 0) is 4.79 Å². The Kier molecular flexibility index (Phi) is 4.69. The summed E-state index contributed by atoms with van der Waals surface area (Å²) in [7, 11) is 3.15. The van der Waals surface area contributed by atoms with E-state index in [-0.39, 0.29) is 18.4 Å². The summed E-state index contributed by atoms with van der Waals surface area (Å²) in [6.07, 6.45) is 0. The predicted molar refractivity (Wildman–Crippen MR) is 69.9 cm³/mol. The molecule has 0 heterocycles. The standard InChI is InChI=1S/C12H15BrN2O2/c1-8-5-4-6-9(11(8)13)12(17)15(3)7-10(16)14-2/h4-6H,7H2,1-3H3,(H,14,16). The molecule has 2 amide bonds. The average molecular weight is 299 g/mol. The monoisotopic (exact) mass is 298 g/mol. The topological polar surface area (TPSA) is 49.4 Å². The van der Waals surface area contributed by atoms with E-state index in [9.17, 15) is 9.59 Å². The summed E-state index contributed by atoms with van der Waals surface area (Å²) in [5.74, 6) is -0.367. The number of carbonyl (C=O) groups excluding carboxylic acids is 2. The summed E-state index contributed by atoms with van der Waals surface area (Å²) in [4.78, 5) is 24.7. The molecule has 0 atom stereocenters. The molecule has 0 aliphatic carbocycles. The van der Waals surface area contributed by atoms with Crippen molar-refractivity contribution in [3.8, 4) is 0 Å². The van der Waals surface area contributed by atoms with Gasteiger partial charge in [-0.1, -0.05) is 12.1 Å². The fourth-order valence-corrected chi connectivity index (χ4v) is 1.82. The molecule has 1 rings (SSSR count). The maximum Gasteiger partial charge on any atom is 0.255 e. The highest BCUT2D eigenvalue weighted by atomic mass is 79.9. The lowest BCUT2D eigenvalue weighted by molar-refractivity contribution is -0.121. The molecule has 0 saturated carbocycles. The van der Waals surface area contributed by atoms with Crippen LogP contribution >= 0.6 is 15.9 Å². The molecule has 17 heavy (non-hydrogen) atoms. The minimum atomic E-state index is -0.190. The lowest BCUT2D eigenvalue weighted by Gasteiger charge is -2.17. The molecule has 1 N–H and O–H groups in total. The van der Waals surface area contributed by atoms with Gasteiger partial charge in [-0.25, -0.2) is 0 Å². The third-order valence-corrected chi connectivity index (χ3v) is 3.48. The molecule has 5 heteroatoms. The highest BCUT2D eigenvalue weighted by molar-refractivity contribution is 9.10. The molecule has 0 fully saturated rings. The van der Waals surface area contributed by atoms with Crippen LogP contribution in [0.2, 0.25) is 0 Å². The summed E-state index contributed by atoms with van der Waals surface area (Å²) in [6, 6.07) is 5.47. The Morgan fingerprint density at radius 3 is 2.65 bits per heavy atom. The van der Waals surface area contributed by atoms with Gasteiger partial charge in [-0.05, 0) is 34.5 Å². The zero-order valence-corrected chi connectivity index (χ0v) is 11.7. The second-order valence-corrected chi connectivity index (χ2v) is 4.56. The van der Waals surface area contributed by atoms with Crippen molar-refractivity contribution in [3.05, 3.63) is 33.8 Å². The Bertz CT molecular complexity index is 446. The number of amides is 2. The van der Waals surface area contributed by atoms with E-state index in [0.29, 0.717) is 5.56 Å². The predicted octanol–water partition coefficient (Wildman–Crippen LogP) is 1.58. The first-order chi connectivity index (χ1) is 7.97. The van der Waals surface area contributed by atoms with Gasteiger partial charge in [-0.2, -0.15) is 0 Å². The summed E-state index contributed by atoms with van der Waals surface area (Å²) in [5, 5.41) is 2.48. The fourth-order valence-electron chi connectivity index (χ4n) is 1.38. The Labute approximate surface area is 109 Å². The summed E-state index contributed by atoms with van der Waals surface area (Å²) < 4.78 is 0.772. The van der Waals surface area contributed by atoms with E-state index in [1.807, 2.05) is 19.1 Å². The van der Waals surface area contributed by atoms with Crippen molar-refractivity contribution in [1.29, 1.82) is 0 Å². The Hall–Kier alpha value is -1.36. The van der Waals surface area contributed by atoms with Gasteiger partial charge in [0, 0.05) is 18.6 Å². The molecular weight excluding hydrogens is 284 g/mol. The van der Waals surface area contributed by atoms with Crippen molar-refractivity contribution in [2.24, 2.45) is 0 Å². The SMILES string of the molecule is CNC(=O)CN(C)C(=O)c1cccc(C)c1Br. The van der Waals surface area contributed by atoms with Crippen molar-refractivity contribution in [1.82, 2.24) is 10.2 Å². The van der Waals surface area contributed by atoms with Gasteiger partial charge in [0.1, 0.15) is 0 Å². The molecule has 0 bridgehead atoms. The summed E-state index contributed by atoms with van der Waals surface area (Å²) in [6.45, 7) is 1.97. The molecule has 4 nitrogen and oxygen atoms in total. The molecule has 0 saturated heterocycles. The molecule has 0 aliphatic rings. The zero-order valence-electron chi connectivity index (χ0n) is 10.1. The number of hydrogen-bond acceptors (Lipinski definition) is 2. The molecule has 0 spiro atoms. The Morgan fingerprint density at radius 1 is 1.41 bits per heavy atom. The van der Waals surface area contributed by atoms with Crippen LogP contribution < -0.4 is 5.32 Å². The van der Waals surface area contributed by atoms with Gasteiger partial charge in [0.2, 0.25) is 5.91 Å². The van der Waals surface area contributed by atoms with Gasteiger partial charge in [-0.3, -0.25) is 9.59 Å². The molecule has 1 aromatic rings. The first-order valence-electron chi connectivity index (χ1n) is 5.18. The lowest BCUT2D eigenvalue weighted by Crippen LogP contribution is -2.37. The highest BCUT2D eigenvalue weighted by Gasteiger charge is 2.17. The van der Waals surface area contributed by atoms with E-state index in [2.05, 4.69) is 21.2 Å². The Morgan fingerprint density at radius 2 is 2.06 bits per heavy atom. The smallest absolute Gasteiger partial charge is 0.255 e. The van der Waals surface area contributed by atoms with Crippen LogP contribution in [-0.4, -0.2) is 37.4 Å². The average Bonchev–Trinajstić information content (AvgIpc) is 2.31. The van der Waals surface area contributed by atoms with Crippen LogP contribution in [0.25, 0.3) is 0 Å². The fraction of sp³-hybridized carbons (Fsp3) is 0.333. The van der Waals surface area contributed by atoms with Gasteiger partial charge < -0.3 is 10.2 Å². The van der Waals surface area contributed by atoms with Gasteiger partial charge in [-0.15, -0.1) is 0 Å². The number of halogens is 1. The van der Waals surface area contributed by atoms with Gasteiger partial charge in [0.05, 0.1) is 12.1 Å². The third kappa shape index (κ3) is 3.30. The van der Waals surface area contributed by atoms with Crippen LogP contribution in [0.1, 0.15) is 15.9 Å². The number of benzene rings is 1. The molecule has 0 radical (unpaired) electrons. The van der Waals surface area contributed by atoms with E-state index in [0.717, 1.165) is 10.0 Å². The quantitative estimate of drug-likeness (QED) is 0.921. The van der Waals surface area contributed by atoms with E-state index >= 15 is 0 Å². The number of likely N-dealkylation sites (N-methyl/N-ethyl adjacent to an activating group) is 2. The minimum absolute atomic E-state index is 0.0513. The molecule has 0 aromatic heterocycles. The van der Waals surface area contributed by atoms with Crippen molar-refractivity contribution in [3.63, 3.8) is 0 Å². The number of nitrogens with one attached hydrogen (secondary N) is 1. The van der Waals surface area contributed by atoms with Crippen molar-refractivity contribution in [2.45, 2.75) is 6.92 Å². The first kappa shape index (κ1) is 13.7. The number of nitrogens with zero attached hydrogens (tertiary/aromatic N) is 1. The van der Waals surface area contributed by atoms with Crippen LogP contribution in [0, 0.1) is 6.92 Å². The maximum absolute atomic E-state index is 12.1. The molecular formula is C12H15BrN2O2. The van der Waals surface area contributed by atoms with E-state index in [1.54, 1.807) is 20.2 Å². The second kappa shape index (κ2) is 5.82. The number of hydrogen-bond donors (Lipinski definition) is 1. The highest BCUT2D eigenvalue weighted by Crippen LogP contribution is 2.22. The van der Waals surface area contributed by atoms with Crippen LogP contribution in [0.4, 0.5) is 0 Å². The van der Waals surface area contributed by atoms with Crippen molar-refractivity contribution >= 4 is 27.7 Å². The van der Waals surface area contributed by atoms with Crippen LogP contribution in [0.15, 0.2) is 22.7 Å².